The van der Waals surface area contributed by atoms with Crippen LogP contribution in [-0.4, -0.2) is 44.4 Å². The van der Waals surface area contributed by atoms with Crippen molar-refractivity contribution in [1.82, 2.24) is 14.8 Å². The number of nitrogens with zero attached hydrogens (tertiary/aromatic N) is 4. The van der Waals surface area contributed by atoms with E-state index in [9.17, 15) is 24.1 Å². The first-order valence-corrected chi connectivity index (χ1v) is 10.4. The Bertz CT molecular complexity index is 1200. The van der Waals surface area contributed by atoms with Crippen LogP contribution in [0.1, 0.15) is 5.82 Å². The van der Waals surface area contributed by atoms with Crippen LogP contribution in [0.2, 0.25) is 0 Å². The molecule has 0 saturated heterocycles. The van der Waals surface area contributed by atoms with Gasteiger partial charge < -0.3 is 19.9 Å². The zero-order valence-electron chi connectivity index (χ0n) is 17.6. The van der Waals surface area contributed by atoms with Crippen molar-refractivity contribution in [3.05, 3.63) is 64.2 Å². The summed E-state index contributed by atoms with van der Waals surface area (Å²) in [5.41, 5.74) is 0.194. The van der Waals surface area contributed by atoms with Crippen LogP contribution in [0.4, 0.5) is 21.5 Å². The molecule has 0 saturated carbocycles. The highest BCUT2D eigenvalue weighted by atomic mass is 32.2. The molecule has 2 N–H and O–H groups in total. The van der Waals surface area contributed by atoms with Crippen LogP contribution in [0.3, 0.4) is 0 Å². The monoisotopic (exact) mass is 474 g/mol. The largest absolute Gasteiger partial charge is 0.494 e. The summed E-state index contributed by atoms with van der Waals surface area (Å²) in [6.45, 7) is 0. The highest BCUT2D eigenvalue weighted by Gasteiger charge is 2.17. The van der Waals surface area contributed by atoms with Gasteiger partial charge in [-0.15, -0.1) is 10.2 Å². The fraction of sp³-hybridized carbons (Fsp3) is 0.200. The predicted octanol–water partition coefficient (Wildman–Crippen LogP) is 2.78. The van der Waals surface area contributed by atoms with Gasteiger partial charge in [-0.25, -0.2) is 4.39 Å². The summed E-state index contributed by atoms with van der Waals surface area (Å²) in [6.07, 6.45) is -0.134. The summed E-state index contributed by atoms with van der Waals surface area (Å²) >= 11 is 1.09. The number of thioether (sulfide) groups is 1. The van der Waals surface area contributed by atoms with Crippen LogP contribution in [0.25, 0.3) is 0 Å². The number of hydrogen-bond acceptors (Lipinski definition) is 8. The Morgan fingerprint density at radius 2 is 1.88 bits per heavy atom. The number of nitrogens with one attached hydrogen (secondary N) is 2. The molecule has 0 spiro atoms. The first kappa shape index (κ1) is 23.7. The van der Waals surface area contributed by atoms with Crippen LogP contribution in [0, 0.1) is 15.9 Å². The van der Waals surface area contributed by atoms with E-state index in [0.717, 1.165) is 11.8 Å². The molecule has 1 heterocycles. The molecule has 33 heavy (non-hydrogen) atoms. The number of nitro groups is 1. The van der Waals surface area contributed by atoms with E-state index in [2.05, 4.69) is 20.8 Å². The molecular weight excluding hydrogens is 455 g/mol. The lowest BCUT2D eigenvalue weighted by molar-refractivity contribution is -0.384. The van der Waals surface area contributed by atoms with E-state index in [4.69, 9.17) is 4.74 Å². The average Bonchev–Trinajstić information content (AvgIpc) is 3.13. The quantitative estimate of drug-likeness (QED) is 0.274. The normalized spacial score (nSPS) is 10.5. The van der Waals surface area contributed by atoms with Gasteiger partial charge in [0.05, 0.1) is 41.6 Å². The molecule has 0 radical (unpaired) electrons. The van der Waals surface area contributed by atoms with E-state index in [0.29, 0.717) is 11.0 Å². The van der Waals surface area contributed by atoms with Crippen LogP contribution in [0.5, 0.6) is 5.75 Å². The highest BCUT2D eigenvalue weighted by molar-refractivity contribution is 7.99. The van der Waals surface area contributed by atoms with Crippen molar-refractivity contribution >= 4 is 40.6 Å². The molecule has 0 unspecified atom stereocenters. The molecule has 3 rings (SSSR count). The van der Waals surface area contributed by atoms with E-state index in [-0.39, 0.29) is 35.0 Å². The molecule has 2 amide bonds. The van der Waals surface area contributed by atoms with Crippen molar-refractivity contribution in [1.29, 1.82) is 0 Å². The van der Waals surface area contributed by atoms with Gasteiger partial charge >= 0.3 is 0 Å². The predicted molar refractivity (Wildman–Crippen MR) is 119 cm³/mol. The number of ether oxygens (including phenoxy) is 1. The summed E-state index contributed by atoms with van der Waals surface area (Å²) in [4.78, 5) is 34.8. The minimum Gasteiger partial charge on any atom is -0.494 e. The molecule has 0 bridgehead atoms. The molecule has 172 valence electrons. The number of halogens is 1. The number of benzene rings is 2. The minimum absolute atomic E-state index is 0.0342. The average molecular weight is 474 g/mol. The number of amides is 2. The summed E-state index contributed by atoms with van der Waals surface area (Å²) in [5, 5.41) is 24.3. The van der Waals surface area contributed by atoms with E-state index in [1.54, 1.807) is 17.7 Å². The lowest BCUT2D eigenvalue weighted by atomic mass is 10.2. The summed E-state index contributed by atoms with van der Waals surface area (Å²) in [7, 11) is 2.98. The zero-order chi connectivity index (χ0) is 24.0. The van der Waals surface area contributed by atoms with Gasteiger partial charge in [0.1, 0.15) is 17.4 Å². The molecule has 0 aliphatic carbocycles. The standard InChI is InChI=1S/C20H19FN6O5S/c1-26-17(10-18(28)22-14-6-4-3-5-13(14)21)24-25-20(26)33-11-19(29)23-15-8-7-12(27(30)31)9-16(15)32-2/h3-9H,10-11H2,1-2H3,(H,22,28)(H,23,29). The number of nitro benzene ring substituents is 1. The fourth-order valence-electron chi connectivity index (χ4n) is 2.74. The summed E-state index contributed by atoms with van der Waals surface area (Å²) in [5.74, 6) is -0.943. The summed E-state index contributed by atoms with van der Waals surface area (Å²) < 4.78 is 20.3. The maximum atomic E-state index is 13.7. The molecule has 0 fully saturated rings. The second kappa shape index (κ2) is 10.5. The third kappa shape index (κ3) is 6.04. The fourth-order valence-corrected chi connectivity index (χ4v) is 3.47. The van der Waals surface area contributed by atoms with Crippen LogP contribution < -0.4 is 15.4 Å². The molecule has 2 aromatic carbocycles. The lowest BCUT2D eigenvalue weighted by Crippen LogP contribution is -2.18. The van der Waals surface area contributed by atoms with Crippen LogP contribution >= 0.6 is 11.8 Å². The Morgan fingerprint density at radius 1 is 1.15 bits per heavy atom. The van der Waals surface area contributed by atoms with Crippen molar-refractivity contribution in [2.24, 2.45) is 7.05 Å². The molecule has 1 aromatic heterocycles. The smallest absolute Gasteiger partial charge is 0.273 e. The van der Waals surface area contributed by atoms with Crippen molar-refractivity contribution < 1.29 is 23.6 Å². The third-order valence-electron chi connectivity index (χ3n) is 4.39. The number of rotatable bonds is 9. The Kier molecular flexibility index (Phi) is 7.56. The third-order valence-corrected chi connectivity index (χ3v) is 5.41. The van der Waals surface area contributed by atoms with E-state index < -0.39 is 22.6 Å². The van der Waals surface area contributed by atoms with Gasteiger partial charge in [0.2, 0.25) is 11.8 Å². The molecule has 11 nitrogen and oxygen atoms in total. The van der Waals surface area contributed by atoms with Gasteiger partial charge in [0, 0.05) is 13.1 Å². The van der Waals surface area contributed by atoms with Gasteiger partial charge in [-0.05, 0) is 18.2 Å². The molecule has 13 heteroatoms. The number of para-hydroxylation sites is 1. The molecule has 0 aliphatic heterocycles. The van der Waals surface area contributed by atoms with Gasteiger partial charge in [0.15, 0.2) is 5.16 Å². The first-order chi connectivity index (χ1) is 15.8. The van der Waals surface area contributed by atoms with Crippen molar-refractivity contribution in [2.45, 2.75) is 11.6 Å². The zero-order valence-corrected chi connectivity index (χ0v) is 18.4. The SMILES string of the molecule is COc1cc([N+](=O)[O-])ccc1NC(=O)CSc1nnc(CC(=O)Nc2ccccc2F)n1C. The van der Waals surface area contributed by atoms with Crippen LogP contribution in [-0.2, 0) is 23.1 Å². The first-order valence-electron chi connectivity index (χ1n) is 9.46. The Balaban J connectivity index is 1.57. The van der Waals surface area contributed by atoms with Crippen molar-refractivity contribution in [2.75, 3.05) is 23.5 Å². The molecule has 0 aliphatic rings. The van der Waals surface area contributed by atoms with Crippen molar-refractivity contribution in [3.63, 3.8) is 0 Å². The molecular formula is C20H19FN6O5S. The number of aromatic nitrogens is 3. The van der Waals surface area contributed by atoms with Gasteiger partial charge in [-0.2, -0.15) is 0 Å². The number of carbonyl (C=O) groups excluding carboxylic acids is 2. The van der Waals surface area contributed by atoms with Crippen molar-refractivity contribution in [3.8, 4) is 5.75 Å². The van der Waals surface area contributed by atoms with Gasteiger partial charge in [0.25, 0.3) is 5.69 Å². The van der Waals surface area contributed by atoms with E-state index in [1.807, 2.05) is 0 Å². The number of anilines is 2. The Morgan fingerprint density at radius 3 is 2.58 bits per heavy atom. The maximum absolute atomic E-state index is 13.7. The lowest BCUT2D eigenvalue weighted by Gasteiger charge is -2.10. The minimum atomic E-state index is -0.563. The summed E-state index contributed by atoms with van der Waals surface area (Å²) in [6, 6.07) is 9.66. The molecule has 3 aromatic rings. The Labute approximate surface area is 191 Å². The van der Waals surface area contributed by atoms with Gasteiger partial charge in [-0.1, -0.05) is 23.9 Å². The number of hydrogen-bond donors (Lipinski definition) is 2. The van der Waals surface area contributed by atoms with Crippen LogP contribution in [0.15, 0.2) is 47.6 Å². The van der Waals surface area contributed by atoms with Gasteiger partial charge in [-0.3, -0.25) is 19.7 Å². The van der Waals surface area contributed by atoms with E-state index in [1.165, 1.54) is 43.5 Å². The maximum Gasteiger partial charge on any atom is 0.273 e. The second-order valence-corrected chi connectivity index (χ2v) is 7.58. The van der Waals surface area contributed by atoms with E-state index >= 15 is 0 Å². The highest BCUT2D eigenvalue weighted by Crippen LogP contribution is 2.29. The Hall–Kier alpha value is -4.00. The molecule has 0 atom stereocenters. The number of methoxy groups -OCH3 is 1. The topological polar surface area (TPSA) is 141 Å². The number of carbonyl (C=O) groups is 2. The second-order valence-electron chi connectivity index (χ2n) is 6.64. The number of non-ortho nitro benzene ring substituents is 1.